The van der Waals surface area contributed by atoms with Gasteiger partial charge in [0.05, 0.1) is 15.9 Å². The van der Waals surface area contributed by atoms with Crippen LogP contribution in [0.4, 0.5) is 14.9 Å². The molecule has 1 heterocycles. The van der Waals surface area contributed by atoms with Gasteiger partial charge in [-0.05, 0) is 71.5 Å². The van der Waals surface area contributed by atoms with Gasteiger partial charge in [0.1, 0.15) is 11.4 Å². The number of hydrogen-bond acceptors (Lipinski definition) is 5. The first kappa shape index (κ1) is 19.8. The molecule has 1 saturated heterocycles. The fourth-order valence-electron chi connectivity index (χ4n) is 2.62. The minimum Gasteiger partial charge on any atom is -0.504 e. The number of aromatic hydroxyl groups is 1. The second-order valence-corrected chi connectivity index (χ2v) is 6.88. The van der Waals surface area contributed by atoms with Gasteiger partial charge in [-0.3, -0.25) is 14.9 Å². The van der Waals surface area contributed by atoms with Gasteiger partial charge in [-0.15, -0.1) is 0 Å². The first-order chi connectivity index (χ1) is 13.3. The molecule has 0 bridgehead atoms. The highest BCUT2D eigenvalue weighted by Crippen LogP contribution is 2.34. The number of phenols is 1. The smallest absolute Gasteiger partial charge is 0.335 e. The van der Waals surface area contributed by atoms with E-state index in [2.05, 4.69) is 5.32 Å². The van der Waals surface area contributed by atoms with Crippen molar-refractivity contribution in [3.05, 3.63) is 56.9 Å². The first-order valence-electron chi connectivity index (χ1n) is 8.14. The topological polar surface area (TPSA) is 95.9 Å². The fraction of sp³-hybridized carbons (Fsp3) is 0.105. The number of rotatable bonds is 4. The largest absolute Gasteiger partial charge is 0.504 e. The van der Waals surface area contributed by atoms with E-state index in [1.165, 1.54) is 30.3 Å². The Bertz CT molecular complexity index is 1020. The van der Waals surface area contributed by atoms with Gasteiger partial charge in [0.15, 0.2) is 11.5 Å². The number of halogens is 2. The van der Waals surface area contributed by atoms with Crippen LogP contribution in [0.15, 0.2) is 42.0 Å². The second kappa shape index (κ2) is 7.97. The lowest BCUT2D eigenvalue weighted by Crippen LogP contribution is -2.54. The van der Waals surface area contributed by atoms with E-state index in [1.807, 2.05) is 22.6 Å². The van der Waals surface area contributed by atoms with Crippen molar-refractivity contribution in [2.45, 2.75) is 6.92 Å². The summed E-state index contributed by atoms with van der Waals surface area (Å²) in [6.45, 7) is 2.06. The quantitative estimate of drug-likeness (QED) is 0.385. The van der Waals surface area contributed by atoms with E-state index in [0.717, 1.165) is 6.07 Å². The van der Waals surface area contributed by atoms with Crippen LogP contribution in [-0.4, -0.2) is 29.6 Å². The summed E-state index contributed by atoms with van der Waals surface area (Å²) in [5.41, 5.74) is 0.0988. The number of carbonyl (C=O) groups excluding carboxylic acids is 3. The van der Waals surface area contributed by atoms with Crippen molar-refractivity contribution in [2.24, 2.45) is 0 Å². The molecule has 144 valence electrons. The van der Waals surface area contributed by atoms with E-state index in [1.54, 1.807) is 13.0 Å². The molecular formula is C19H14FIN2O5. The van der Waals surface area contributed by atoms with Crippen molar-refractivity contribution in [1.29, 1.82) is 0 Å². The van der Waals surface area contributed by atoms with Crippen molar-refractivity contribution >= 4 is 52.2 Å². The monoisotopic (exact) mass is 496 g/mol. The molecule has 7 nitrogen and oxygen atoms in total. The maximum Gasteiger partial charge on any atom is 0.335 e. The van der Waals surface area contributed by atoms with Gasteiger partial charge >= 0.3 is 6.03 Å². The van der Waals surface area contributed by atoms with Gasteiger partial charge in [0, 0.05) is 0 Å². The maximum absolute atomic E-state index is 13.5. The second-order valence-electron chi connectivity index (χ2n) is 5.72. The Balaban J connectivity index is 2.04. The van der Waals surface area contributed by atoms with Gasteiger partial charge in [0.25, 0.3) is 11.8 Å². The first-order valence-corrected chi connectivity index (χ1v) is 9.22. The molecule has 0 saturated carbocycles. The average molecular weight is 496 g/mol. The van der Waals surface area contributed by atoms with Crippen LogP contribution in [0.2, 0.25) is 0 Å². The third-order valence-electron chi connectivity index (χ3n) is 3.83. The maximum atomic E-state index is 13.5. The van der Waals surface area contributed by atoms with Crippen molar-refractivity contribution in [3.63, 3.8) is 0 Å². The van der Waals surface area contributed by atoms with Gasteiger partial charge in [-0.25, -0.2) is 14.1 Å². The highest BCUT2D eigenvalue weighted by Gasteiger charge is 2.37. The standard InChI is InChI=1S/C19H14FIN2O5/c1-2-28-15-8-10(7-14(21)16(15)24)6-13-17(25)22-19(27)23(18(13)26)12-5-3-4-11(20)9-12/h3-9,24H,2H2,1H3,(H,22,25,27)/b13-6+. The van der Waals surface area contributed by atoms with Crippen LogP contribution in [0.5, 0.6) is 11.5 Å². The molecule has 1 fully saturated rings. The zero-order valence-electron chi connectivity index (χ0n) is 14.5. The molecule has 0 radical (unpaired) electrons. The van der Waals surface area contributed by atoms with E-state index < -0.39 is 23.7 Å². The number of phenolic OH excluding ortho intramolecular Hbond substituents is 1. The predicted molar refractivity (Wildman–Crippen MR) is 107 cm³/mol. The van der Waals surface area contributed by atoms with Gasteiger partial charge in [-0.2, -0.15) is 0 Å². The Labute approximate surface area is 172 Å². The molecule has 3 rings (SSSR count). The summed E-state index contributed by atoms with van der Waals surface area (Å²) in [7, 11) is 0. The summed E-state index contributed by atoms with van der Waals surface area (Å²) in [6.07, 6.45) is 1.28. The lowest BCUT2D eigenvalue weighted by atomic mass is 10.1. The third kappa shape index (κ3) is 3.84. The molecule has 2 aromatic rings. The van der Waals surface area contributed by atoms with E-state index >= 15 is 0 Å². The lowest BCUT2D eigenvalue weighted by molar-refractivity contribution is -0.122. The zero-order valence-corrected chi connectivity index (χ0v) is 16.7. The molecule has 0 unspecified atom stereocenters. The van der Waals surface area contributed by atoms with Crippen LogP contribution in [-0.2, 0) is 9.59 Å². The molecule has 1 aliphatic rings. The number of imide groups is 2. The molecular weight excluding hydrogens is 482 g/mol. The van der Waals surface area contributed by atoms with E-state index in [0.29, 0.717) is 20.6 Å². The summed E-state index contributed by atoms with van der Waals surface area (Å²) < 4.78 is 19.3. The summed E-state index contributed by atoms with van der Waals surface area (Å²) >= 11 is 1.89. The van der Waals surface area contributed by atoms with Crippen molar-refractivity contribution in [2.75, 3.05) is 11.5 Å². The summed E-state index contributed by atoms with van der Waals surface area (Å²) in [4.78, 5) is 37.8. The third-order valence-corrected chi connectivity index (χ3v) is 4.65. The number of urea groups is 1. The molecule has 28 heavy (non-hydrogen) atoms. The minimum absolute atomic E-state index is 0.00353. The number of ether oxygens (including phenoxy) is 1. The Hall–Kier alpha value is -2.95. The zero-order chi connectivity index (χ0) is 20.4. The van der Waals surface area contributed by atoms with Gasteiger partial charge in [0.2, 0.25) is 0 Å². The van der Waals surface area contributed by atoms with Gasteiger partial charge in [-0.1, -0.05) is 6.07 Å². The van der Waals surface area contributed by atoms with E-state index in [-0.39, 0.29) is 22.8 Å². The number of barbiturate groups is 1. The molecule has 4 amide bonds. The van der Waals surface area contributed by atoms with Crippen LogP contribution < -0.4 is 15.0 Å². The summed E-state index contributed by atoms with van der Waals surface area (Å²) in [5.74, 6) is -2.25. The molecule has 0 atom stereocenters. The Kier molecular flexibility index (Phi) is 5.63. The molecule has 2 aromatic carbocycles. The predicted octanol–water partition coefficient (Wildman–Crippen LogP) is 3.20. The number of nitrogens with zero attached hydrogens (tertiary/aromatic N) is 1. The van der Waals surface area contributed by atoms with Crippen LogP contribution in [0, 0.1) is 9.39 Å². The molecule has 9 heteroatoms. The van der Waals surface area contributed by atoms with Crippen LogP contribution >= 0.6 is 22.6 Å². The van der Waals surface area contributed by atoms with Crippen molar-refractivity contribution in [1.82, 2.24) is 5.32 Å². The highest BCUT2D eigenvalue weighted by molar-refractivity contribution is 14.1. The average Bonchev–Trinajstić information content (AvgIpc) is 2.63. The Morgan fingerprint density at radius 3 is 2.68 bits per heavy atom. The fourth-order valence-corrected chi connectivity index (χ4v) is 3.24. The summed E-state index contributed by atoms with van der Waals surface area (Å²) in [6, 6.07) is 6.97. The highest BCUT2D eigenvalue weighted by atomic mass is 127. The number of nitrogens with one attached hydrogen (secondary N) is 1. The van der Waals surface area contributed by atoms with Crippen molar-refractivity contribution < 1.29 is 28.6 Å². The SMILES string of the molecule is CCOc1cc(/C=C2\C(=O)NC(=O)N(c3cccc(F)c3)C2=O)cc(I)c1O. The van der Waals surface area contributed by atoms with Crippen molar-refractivity contribution in [3.8, 4) is 11.5 Å². The summed E-state index contributed by atoms with van der Waals surface area (Å²) in [5, 5.41) is 12.1. The molecule has 1 aliphatic heterocycles. The van der Waals surface area contributed by atoms with Crippen LogP contribution in [0.25, 0.3) is 6.08 Å². The molecule has 2 N–H and O–H groups in total. The Morgan fingerprint density at radius 2 is 2.00 bits per heavy atom. The van der Waals surface area contributed by atoms with E-state index in [9.17, 15) is 23.9 Å². The number of anilines is 1. The van der Waals surface area contributed by atoms with Crippen LogP contribution in [0.1, 0.15) is 12.5 Å². The Morgan fingerprint density at radius 1 is 1.25 bits per heavy atom. The van der Waals surface area contributed by atoms with Gasteiger partial charge < -0.3 is 9.84 Å². The number of benzene rings is 2. The van der Waals surface area contributed by atoms with E-state index in [4.69, 9.17) is 4.74 Å². The molecule has 0 aromatic heterocycles. The minimum atomic E-state index is -0.965. The molecule has 0 spiro atoms. The number of carbonyl (C=O) groups is 3. The lowest BCUT2D eigenvalue weighted by Gasteiger charge is -2.26. The van der Waals surface area contributed by atoms with Crippen LogP contribution in [0.3, 0.4) is 0 Å². The number of hydrogen-bond donors (Lipinski definition) is 2. The normalized spacial score (nSPS) is 15.8. The number of amides is 4. The molecule has 0 aliphatic carbocycles.